The molecule has 2 fully saturated rings. The van der Waals surface area contributed by atoms with Crippen LogP contribution in [0.15, 0.2) is 47.4 Å². The Labute approximate surface area is 194 Å². The number of hydrogen-bond acceptors (Lipinski definition) is 4. The van der Waals surface area contributed by atoms with Gasteiger partial charge in [0.15, 0.2) is 0 Å². The van der Waals surface area contributed by atoms with Crippen molar-refractivity contribution >= 4 is 27.0 Å². The van der Waals surface area contributed by atoms with Crippen LogP contribution in [-0.4, -0.2) is 53.1 Å². The molecule has 174 valence electrons. The van der Waals surface area contributed by atoms with Gasteiger partial charge in [-0.15, -0.1) is 0 Å². The second-order valence-corrected chi connectivity index (χ2v) is 11.2. The van der Waals surface area contributed by atoms with Gasteiger partial charge in [0.05, 0.1) is 22.0 Å². The molecule has 3 aromatic rings. The third-order valence-corrected chi connectivity index (χ3v) is 9.07. The third-order valence-electron chi connectivity index (χ3n) is 7.18. The Morgan fingerprint density at radius 3 is 2.48 bits per heavy atom. The largest absolute Gasteiger partial charge is 0.340 e. The van der Waals surface area contributed by atoms with Crippen molar-refractivity contribution in [3.8, 4) is 0 Å². The lowest BCUT2D eigenvalue weighted by Gasteiger charge is -2.34. The normalized spacial score (nSPS) is 20.5. The van der Waals surface area contributed by atoms with E-state index in [4.69, 9.17) is 4.98 Å². The van der Waals surface area contributed by atoms with E-state index in [1.165, 1.54) is 4.31 Å². The second kappa shape index (κ2) is 8.57. The highest BCUT2D eigenvalue weighted by Gasteiger charge is 2.38. The summed E-state index contributed by atoms with van der Waals surface area (Å²) in [6.07, 6.45) is 2.94. The predicted molar refractivity (Wildman–Crippen MR) is 127 cm³/mol. The molecule has 1 atom stereocenters. The Bertz CT molecular complexity index is 1260. The quantitative estimate of drug-likeness (QED) is 0.631. The van der Waals surface area contributed by atoms with Crippen molar-refractivity contribution in [2.75, 3.05) is 19.6 Å². The van der Waals surface area contributed by atoms with E-state index in [2.05, 4.69) is 4.98 Å². The smallest absolute Gasteiger partial charge is 0.243 e. The van der Waals surface area contributed by atoms with Crippen LogP contribution in [0.1, 0.15) is 48.7 Å². The SMILES string of the molecule is Cc1ccc(S(=O)(=O)N2CCC(C(=O)N3CCC[C@H]3c3nc4ccccc4[nH]3)CC2)cc1C. The lowest BCUT2D eigenvalue weighted by atomic mass is 9.96. The standard InChI is InChI=1S/C25H30N4O3S/c1-17-9-10-20(16-18(17)2)33(31,32)28-14-11-19(12-15-28)25(30)29-13-5-8-23(29)24-26-21-6-3-4-7-22(21)27-24/h3-4,6-7,9-10,16,19,23H,5,8,11-15H2,1-2H3,(H,26,27)/t23-/m0/s1. The van der Waals surface area contributed by atoms with Crippen molar-refractivity contribution in [1.82, 2.24) is 19.2 Å². The molecular formula is C25H30N4O3S. The molecule has 1 aromatic heterocycles. The minimum atomic E-state index is -3.54. The van der Waals surface area contributed by atoms with Crippen LogP contribution in [0.2, 0.25) is 0 Å². The van der Waals surface area contributed by atoms with Crippen LogP contribution in [0.4, 0.5) is 0 Å². The zero-order valence-electron chi connectivity index (χ0n) is 19.1. The third kappa shape index (κ3) is 4.06. The number of carbonyl (C=O) groups excluding carboxylic acids is 1. The Hall–Kier alpha value is -2.71. The van der Waals surface area contributed by atoms with E-state index >= 15 is 0 Å². The second-order valence-electron chi connectivity index (χ2n) is 9.25. The topological polar surface area (TPSA) is 86.4 Å². The fourth-order valence-electron chi connectivity index (χ4n) is 5.05. The summed E-state index contributed by atoms with van der Waals surface area (Å²) < 4.78 is 27.8. The molecule has 1 amide bonds. The van der Waals surface area contributed by atoms with Crippen molar-refractivity contribution < 1.29 is 13.2 Å². The van der Waals surface area contributed by atoms with E-state index in [0.29, 0.717) is 30.8 Å². The lowest BCUT2D eigenvalue weighted by Crippen LogP contribution is -2.44. The maximum absolute atomic E-state index is 13.4. The molecule has 0 aliphatic carbocycles. The monoisotopic (exact) mass is 466 g/mol. The number of nitrogens with zero attached hydrogens (tertiary/aromatic N) is 3. The molecule has 0 radical (unpaired) electrons. The molecule has 0 saturated carbocycles. The Morgan fingerprint density at radius 1 is 1.00 bits per heavy atom. The van der Waals surface area contributed by atoms with Crippen molar-refractivity contribution in [3.63, 3.8) is 0 Å². The van der Waals surface area contributed by atoms with Crippen LogP contribution in [-0.2, 0) is 14.8 Å². The number of amides is 1. The Kier molecular flexibility index (Phi) is 5.74. The van der Waals surface area contributed by atoms with E-state index in [9.17, 15) is 13.2 Å². The number of hydrogen-bond donors (Lipinski definition) is 1. The van der Waals surface area contributed by atoms with E-state index < -0.39 is 10.0 Å². The first kappa shape index (κ1) is 22.1. The summed E-state index contributed by atoms with van der Waals surface area (Å²) in [7, 11) is -3.54. The van der Waals surface area contributed by atoms with Gasteiger partial charge in [-0.05, 0) is 74.9 Å². The van der Waals surface area contributed by atoms with Gasteiger partial charge < -0.3 is 9.88 Å². The zero-order valence-corrected chi connectivity index (χ0v) is 19.9. The van der Waals surface area contributed by atoms with Crippen LogP contribution in [0.3, 0.4) is 0 Å². The fourth-order valence-corrected chi connectivity index (χ4v) is 6.60. The number of H-pyrrole nitrogens is 1. The molecule has 33 heavy (non-hydrogen) atoms. The predicted octanol–water partition coefficient (Wildman–Crippen LogP) is 3.94. The van der Waals surface area contributed by atoms with E-state index in [1.807, 2.05) is 49.1 Å². The van der Waals surface area contributed by atoms with E-state index in [-0.39, 0.29) is 17.9 Å². The van der Waals surface area contributed by atoms with Gasteiger partial charge in [0.25, 0.3) is 0 Å². The number of carbonyl (C=O) groups is 1. The number of aromatic amines is 1. The summed E-state index contributed by atoms with van der Waals surface area (Å²) >= 11 is 0. The number of sulfonamides is 1. The Balaban J connectivity index is 1.27. The first-order valence-corrected chi connectivity index (χ1v) is 13.1. The molecule has 8 heteroatoms. The van der Waals surface area contributed by atoms with Crippen molar-refractivity contribution in [2.45, 2.75) is 50.5 Å². The molecule has 2 aliphatic rings. The van der Waals surface area contributed by atoms with Crippen LogP contribution in [0, 0.1) is 19.8 Å². The highest BCUT2D eigenvalue weighted by atomic mass is 32.2. The Morgan fingerprint density at radius 2 is 1.76 bits per heavy atom. The number of likely N-dealkylation sites (tertiary alicyclic amines) is 1. The summed E-state index contributed by atoms with van der Waals surface area (Å²) in [5.41, 5.74) is 3.93. The molecular weight excluding hydrogens is 436 g/mol. The van der Waals surface area contributed by atoms with Crippen LogP contribution in [0.25, 0.3) is 11.0 Å². The number of fused-ring (bicyclic) bond motifs is 1. The molecule has 2 saturated heterocycles. The molecule has 7 nitrogen and oxygen atoms in total. The number of piperidine rings is 1. The summed E-state index contributed by atoms with van der Waals surface area (Å²) in [6, 6.07) is 13.1. The highest BCUT2D eigenvalue weighted by Crippen LogP contribution is 2.35. The zero-order chi connectivity index (χ0) is 23.2. The number of aryl methyl sites for hydroxylation is 2. The van der Waals surface area contributed by atoms with Gasteiger partial charge in [-0.1, -0.05) is 18.2 Å². The summed E-state index contributed by atoms with van der Waals surface area (Å²) in [6.45, 7) is 5.36. The highest BCUT2D eigenvalue weighted by molar-refractivity contribution is 7.89. The molecule has 5 rings (SSSR count). The maximum atomic E-state index is 13.4. The van der Waals surface area contributed by atoms with E-state index in [1.54, 1.807) is 12.1 Å². The fraction of sp³-hybridized carbons (Fsp3) is 0.440. The van der Waals surface area contributed by atoms with Crippen molar-refractivity contribution in [1.29, 1.82) is 0 Å². The first-order chi connectivity index (χ1) is 15.8. The molecule has 2 aliphatic heterocycles. The first-order valence-electron chi connectivity index (χ1n) is 11.7. The number of imidazole rings is 1. The maximum Gasteiger partial charge on any atom is 0.243 e. The summed E-state index contributed by atoms with van der Waals surface area (Å²) in [4.78, 5) is 23.8. The average molecular weight is 467 g/mol. The number of para-hydroxylation sites is 2. The van der Waals surface area contributed by atoms with Crippen LogP contribution in [0.5, 0.6) is 0 Å². The molecule has 0 bridgehead atoms. The summed E-state index contributed by atoms with van der Waals surface area (Å²) in [5.74, 6) is 0.819. The van der Waals surface area contributed by atoms with Gasteiger partial charge in [0.2, 0.25) is 15.9 Å². The number of aromatic nitrogens is 2. The molecule has 2 aromatic carbocycles. The van der Waals surface area contributed by atoms with Crippen LogP contribution < -0.4 is 0 Å². The van der Waals surface area contributed by atoms with E-state index in [0.717, 1.165) is 47.4 Å². The summed E-state index contributed by atoms with van der Waals surface area (Å²) in [5, 5.41) is 0. The van der Waals surface area contributed by atoms with Crippen molar-refractivity contribution in [3.05, 3.63) is 59.4 Å². The van der Waals surface area contributed by atoms with Gasteiger partial charge in [-0.25, -0.2) is 13.4 Å². The number of benzene rings is 2. The van der Waals surface area contributed by atoms with Gasteiger partial charge >= 0.3 is 0 Å². The average Bonchev–Trinajstić information content (AvgIpc) is 3.47. The van der Waals surface area contributed by atoms with Crippen LogP contribution >= 0.6 is 0 Å². The van der Waals surface area contributed by atoms with Gasteiger partial charge in [-0.2, -0.15) is 4.31 Å². The number of nitrogens with one attached hydrogen (secondary N) is 1. The molecule has 0 unspecified atom stereocenters. The van der Waals surface area contributed by atoms with Gasteiger partial charge in [-0.3, -0.25) is 4.79 Å². The lowest BCUT2D eigenvalue weighted by molar-refractivity contribution is -0.137. The number of rotatable bonds is 4. The minimum Gasteiger partial charge on any atom is -0.340 e. The minimum absolute atomic E-state index is 0.0396. The van der Waals surface area contributed by atoms with Gasteiger partial charge in [0, 0.05) is 25.6 Å². The van der Waals surface area contributed by atoms with Gasteiger partial charge in [0.1, 0.15) is 5.82 Å². The molecule has 0 spiro atoms. The van der Waals surface area contributed by atoms with Crippen molar-refractivity contribution in [2.24, 2.45) is 5.92 Å². The molecule has 1 N–H and O–H groups in total. The molecule has 3 heterocycles.